The molecule has 0 bridgehead atoms. The Hall–Kier alpha value is -1.64. The van der Waals surface area contributed by atoms with Gasteiger partial charge in [0, 0.05) is 5.71 Å². The second-order valence-electron chi connectivity index (χ2n) is 2.89. The van der Waals surface area contributed by atoms with E-state index in [9.17, 15) is 0 Å². The van der Waals surface area contributed by atoms with Crippen LogP contribution in [0.3, 0.4) is 0 Å². The van der Waals surface area contributed by atoms with Crippen molar-refractivity contribution in [1.82, 2.24) is 0 Å². The zero-order valence-corrected chi connectivity index (χ0v) is 7.70. The minimum Gasteiger partial charge on any atom is -0.411 e. The molecule has 1 aromatic carbocycles. The molecule has 0 spiro atoms. The molecule has 0 atom stereocenters. The Labute approximate surface area is 77.2 Å². The van der Waals surface area contributed by atoms with Gasteiger partial charge in [-0.3, -0.25) is 0 Å². The van der Waals surface area contributed by atoms with Gasteiger partial charge in [-0.15, -0.1) is 0 Å². The fraction of sp³-hybridized carbons (Fsp3) is 0.200. The highest BCUT2D eigenvalue weighted by Crippen LogP contribution is 2.06. The van der Waals surface area contributed by atoms with E-state index in [4.69, 9.17) is 10.6 Å². The Bertz CT molecular complexity index is 356. The molecule has 1 rings (SSSR count). The third kappa shape index (κ3) is 2.15. The first-order chi connectivity index (χ1) is 6.15. The van der Waals surface area contributed by atoms with E-state index in [0.29, 0.717) is 11.4 Å². The van der Waals surface area contributed by atoms with E-state index in [0.717, 1.165) is 11.1 Å². The van der Waals surface area contributed by atoms with E-state index in [1.54, 1.807) is 13.8 Å². The topological polar surface area (TPSA) is 56.4 Å². The van der Waals surface area contributed by atoms with Crippen molar-refractivity contribution < 1.29 is 5.21 Å². The zero-order valence-electron chi connectivity index (χ0n) is 7.70. The second-order valence-corrected chi connectivity index (χ2v) is 2.89. The Kier molecular flexibility index (Phi) is 2.80. The molecule has 0 radical (unpaired) electrons. The molecule has 0 amide bonds. The van der Waals surface area contributed by atoms with E-state index in [2.05, 4.69) is 5.16 Å². The molecule has 0 saturated carbocycles. The van der Waals surface area contributed by atoms with Crippen molar-refractivity contribution in [3.05, 3.63) is 35.4 Å². The lowest BCUT2D eigenvalue weighted by molar-refractivity contribution is 0.319. The molecule has 0 aromatic heterocycles. The first-order valence-electron chi connectivity index (χ1n) is 3.99. The standard InChI is InChI=1S/C10H12N2O/c1-7(11)9-4-3-5-10(6-9)8(2)12-13/h3-6,11,13H,1-2H3/b11-7?,12-8+. The second kappa shape index (κ2) is 3.85. The number of oxime groups is 1. The number of nitrogens with one attached hydrogen (secondary N) is 1. The van der Waals surface area contributed by atoms with Crippen LogP contribution in [0.2, 0.25) is 0 Å². The van der Waals surface area contributed by atoms with E-state index in [1.165, 1.54) is 0 Å². The normalized spacial score (nSPS) is 11.4. The van der Waals surface area contributed by atoms with E-state index < -0.39 is 0 Å². The third-order valence-corrected chi connectivity index (χ3v) is 1.86. The highest BCUT2D eigenvalue weighted by Gasteiger charge is 2.00. The molecule has 0 saturated heterocycles. The van der Waals surface area contributed by atoms with Crippen molar-refractivity contribution in [2.24, 2.45) is 5.16 Å². The zero-order chi connectivity index (χ0) is 9.84. The fourth-order valence-corrected chi connectivity index (χ4v) is 1.04. The fourth-order valence-electron chi connectivity index (χ4n) is 1.04. The van der Waals surface area contributed by atoms with Crippen molar-refractivity contribution in [3.63, 3.8) is 0 Å². The van der Waals surface area contributed by atoms with Crippen LogP contribution >= 0.6 is 0 Å². The van der Waals surface area contributed by atoms with Gasteiger partial charge < -0.3 is 10.6 Å². The Morgan fingerprint density at radius 2 is 1.92 bits per heavy atom. The molecular formula is C10H12N2O. The summed E-state index contributed by atoms with van der Waals surface area (Å²) >= 11 is 0. The lowest BCUT2D eigenvalue weighted by Gasteiger charge is -2.01. The Balaban J connectivity index is 3.13. The summed E-state index contributed by atoms with van der Waals surface area (Å²) in [6, 6.07) is 7.38. The van der Waals surface area contributed by atoms with Crippen LogP contribution < -0.4 is 0 Å². The van der Waals surface area contributed by atoms with E-state index in [-0.39, 0.29) is 0 Å². The molecule has 68 valence electrons. The molecule has 0 aliphatic heterocycles. The Morgan fingerprint density at radius 1 is 1.31 bits per heavy atom. The van der Waals surface area contributed by atoms with Crippen molar-refractivity contribution in [2.45, 2.75) is 13.8 Å². The SMILES string of the molecule is CC(=N)c1cccc(/C(C)=N/O)c1. The first kappa shape index (κ1) is 9.45. The van der Waals surface area contributed by atoms with Crippen molar-refractivity contribution in [1.29, 1.82) is 5.41 Å². The maximum atomic E-state index is 8.55. The minimum atomic E-state index is 0.507. The van der Waals surface area contributed by atoms with Crippen LogP contribution in [0, 0.1) is 5.41 Å². The smallest absolute Gasteiger partial charge is 0.0837 e. The molecule has 0 fully saturated rings. The summed E-state index contributed by atoms with van der Waals surface area (Å²) in [5.41, 5.74) is 2.75. The summed E-state index contributed by atoms with van der Waals surface area (Å²) in [5, 5.41) is 19.1. The van der Waals surface area contributed by atoms with Crippen molar-refractivity contribution in [2.75, 3.05) is 0 Å². The van der Waals surface area contributed by atoms with Gasteiger partial charge in [0.05, 0.1) is 5.71 Å². The quantitative estimate of drug-likeness (QED) is 0.405. The molecule has 2 N–H and O–H groups in total. The van der Waals surface area contributed by atoms with Crippen LogP contribution in [-0.4, -0.2) is 16.6 Å². The number of rotatable bonds is 2. The number of nitrogens with zero attached hydrogens (tertiary/aromatic N) is 1. The largest absolute Gasteiger partial charge is 0.411 e. The summed E-state index contributed by atoms with van der Waals surface area (Å²) in [6.45, 7) is 3.45. The van der Waals surface area contributed by atoms with E-state index >= 15 is 0 Å². The van der Waals surface area contributed by atoms with Crippen LogP contribution in [0.5, 0.6) is 0 Å². The Morgan fingerprint density at radius 3 is 2.46 bits per heavy atom. The molecule has 13 heavy (non-hydrogen) atoms. The summed E-state index contributed by atoms with van der Waals surface area (Å²) in [5.74, 6) is 0. The van der Waals surface area contributed by atoms with Gasteiger partial charge in [-0.25, -0.2) is 0 Å². The van der Waals surface area contributed by atoms with Gasteiger partial charge in [0.2, 0.25) is 0 Å². The third-order valence-electron chi connectivity index (χ3n) is 1.86. The number of benzene rings is 1. The van der Waals surface area contributed by atoms with Gasteiger partial charge in [-0.2, -0.15) is 0 Å². The molecule has 0 heterocycles. The number of hydrogen-bond acceptors (Lipinski definition) is 3. The molecule has 0 aliphatic rings. The highest BCUT2D eigenvalue weighted by molar-refractivity contribution is 6.02. The van der Waals surface area contributed by atoms with E-state index in [1.807, 2.05) is 24.3 Å². The number of hydrogen-bond donors (Lipinski definition) is 2. The van der Waals surface area contributed by atoms with Crippen LogP contribution in [0.4, 0.5) is 0 Å². The predicted molar refractivity (Wildman–Crippen MR) is 52.9 cm³/mol. The average Bonchev–Trinajstić information content (AvgIpc) is 2.17. The first-order valence-corrected chi connectivity index (χ1v) is 3.99. The van der Waals surface area contributed by atoms with Gasteiger partial charge in [0.25, 0.3) is 0 Å². The van der Waals surface area contributed by atoms with Gasteiger partial charge in [0.1, 0.15) is 0 Å². The summed E-state index contributed by atoms with van der Waals surface area (Å²) < 4.78 is 0. The summed E-state index contributed by atoms with van der Waals surface area (Å²) in [7, 11) is 0. The predicted octanol–water partition coefficient (Wildman–Crippen LogP) is 2.27. The van der Waals surface area contributed by atoms with Gasteiger partial charge in [-0.05, 0) is 31.0 Å². The van der Waals surface area contributed by atoms with Gasteiger partial charge in [0.15, 0.2) is 0 Å². The van der Waals surface area contributed by atoms with Crippen LogP contribution in [-0.2, 0) is 0 Å². The lowest BCUT2D eigenvalue weighted by Crippen LogP contribution is -1.98. The van der Waals surface area contributed by atoms with Crippen LogP contribution in [0.15, 0.2) is 29.4 Å². The maximum absolute atomic E-state index is 8.55. The minimum absolute atomic E-state index is 0.507. The highest BCUT2D eigenvalue weighted by atomic mass is 16.4. The molecule has 0 unspecified atom stereocenters. The molecule has 3 heteroatoms. The van der Waals surface area contributed by atoms with Gasteiger partial charge >= 0.3 is 0 Å². The van der Waals surface area contributed by atoms with Crippen molar-refractivity contribution in [3.8, 4) is 0 Å². The van der Waals surface area contributed by atoms with Crippen LogP contribution in [0.25, 0.3) is 0 Å². The van der Waals surface area contributed by atoms with Crippen LogP contribution in [0.1, 0.15) is 25.0 Å². The lowest BCUT2D eigenvalue weighted by atomic mass is 10.1. The molecule has 3 nitrogen and oxygen atoms in total. The monoisotopic (exact) mass is 176 g/mol. The van der Waals surface area contributed by atoms with Crippen molar-refractivity contribution >= 4 is 11.4 Å². The average molecular weight is 176 g/mol. The molecular weight excluding hydrogens is 164 g/mol. The summed E-state index contributed by atoms with van der Waals surface area (Å²) in [6.07, 6.45) is 0. The molecule has 0 aliphatic carbocycles. The van der Waals surface area contributed by atoms with Gasteiger partial charge in [-0.1, -0.05) is 23.4 Å². The maximum Gasteiger partial charge on any atom is 0.0837 e. The summed E-state index contributed by atoms with van der Waals surface area (Å²) in [4.78, 5) is 0. The molecule has 1 aromatic rings.